The number of amides is 1. The number of nitrogens with zero attached hydrogens (tertiary/aromatic N) is 3. The summed E-state index contributed by atoms with van der Waals surface area (Å²) in [6.07, 6.45) is -2.03. The van der Waals surface area contributed by atoms with Crippen LogP contribution >= 0.6 is 0 Å². The van der Waals surface area contributed by atoms with Crippen molar-refractivity contribution in [2.45, 2.75) is 26.6 Å². The second-order valence-electron chi connectivity index (χ2n) is 6.94. The number of alkyl halides is 3. The summed E-state index contributed by atoms with van der Waals surface area (Å²) in [5.74, 6) is 0.373. The van der Waals surface area contributed by atoms with Gasteiger partial charge in [-0.2, -0.15) is 18.2 Å². The Kier molecular flexibility index (Phi) is 10.4. The van der Waals surface area contributed by atoms with E-state index in [1.165, 1.54) is 30.3 Å². The van der Waals surface area contributed by atoms with Crippen LogP contribution < -0.4 is 14.8 Å². The molecule has 0 radical (unpaired) electrons. The van der Waals surface area contributed by atoms with Gasteiger partial charge in [0, 0.05) is 43.4 Å². The molecule has 0 saturated heterocycles. The lowest BCUT2D eigenvalue weighted by Crippen LogP contribution is -2.26. The Hall–Kier alpha value is -3.37. The van der Waals surface area contributed by atoms with Crippen molar-refractivity contribution >= 4 is 18.0 Å². The minimum Gasteiger partial charge on any atom is -0.481 e. The predicted molar refractivity (Wildman–Crippen MR) is 113 cm³/mol. The highest BCUT2D eigenvalue weighted by Gasteiger charge is 2.29. The molecular weight excluding hydrogens is 429 g/mol. The van der Waals surface area contributed by atoms with Crippen molar-refractivity contribution in [2.75, 3.05) is 33.1 Å². The molecule has 0 bridgehead atoms. The van der Waals surface area contributed by atoms with Gasteiger partial charge in [-0.3, -0.25) is 4.79 Å². The standard InChI is InChI=1S/C17H19F3N4O3.C4H8O/c1-21-13-8-11(6-7-22-13)16(25)24(2)9-12-4-5-14(23-15(12)26-3)27-10-17(18,19)20;1-4(2)3-5/h4-8H,9-10H2,1-3H3,(H,21,22);3-4H,1-2H3. The number of carbonyl (C=O) groups is 2. The first-order valence-electron chi connectivity index (χ1n) is 9.58. The molecule has 2 aromatic rings. The van der Waals surface area contributed by atoms with E-state index in [4.69, 9.17) is 4.74 Å². The maximum atomic E-state index is 12.6. The van der Waals surface area contributed by atoms with Crippen LogP contribution in [0.2, 0.25) is 0 Å². The van der Waals surface area contributed by atoms with Gasteiger partial charge in [0.05, 0.1) is 13.7 Å². The molecule has 0 atom stereocenters. The zero-order chi connectivity index (χ0) is 24.3. The first kappa shape index (κ1) is 26.7. The Labute approximate surface area is 184 Å². The molecule has 0 aliphatic heterocycles. The van der Waals surface area contributed by atoms with E-state index in [1.54, 1.807) is 26.2 Å². The third-order valence-electron chi connectivity index (χ3n) is 3.78. The topological polar surface area (TPSA) is 93.7 Å². The van der Waals surface area contributed by atoms with Gasteiger partial charge in [-0.15, -0.1) is 0 Å². The lowest BCUT2D eigenvalue weighted by atomic mass is 10.2. The molecule has 1 amide bonds. The van der Waals surface area contributed by atoms with E-state index in [0.29, 0.717) is 16.9 Å². The maximum absolute atomic E-state index is 12.6. The van der Waals surface area contributed by atoms with Gasteiger partial charge in [-0.05, 0) is 18.2 Å². The number of methoxy groups -OCH3 is 1. The summed E-state index contributed by atoms with van der Waals surface area (Å²) in [6.45, 7) is 2.41. The van der Waals surface area contributed by atoms with Gasteiger partial charge in [0.15, 0.2) is 6.61 Å². The Bertz CT molecular complexity index is 892. The second kappa shape index (κ2) is 12.5. The van der Waals surface area contributed by atoms with E-state index in [1.807, 2.05) is 13.8 Å². The number of halogens is 3. The summed E-state index contributed by atoms with van der Waals surface area (Å²) in [5, 5.41) is 2.85. The highest BCUT2D eigenvalue weighted by Crippen LogP contribution is 2.23. The second-order valence-corrected chi connectivity index (χ2v) is 6.94. The van der Waals surface area contributed by atoms with Crippen LogP contribution in [0.25, 0.3) is 0 Å². The molecule has 0 aliphatic carbocycles. The fourth-order valence-electron chi connectivity index (χ4n) is 2.23. The van der Waals surface area contributed by atoms with Gasteiger partial charge in [0.2, 0.25) is 11.8 Å². The van der Waals surface area contributed by atoms with Gasteiger partial charge in [0.1, 0.15) is 12.1 Å². The summed E-state index contributed by atoms with van der Waals surface area (Å²) < 4.78 is 46.4. The van der Waals surface area contributed by atoms with Crippen molar-refractivity contribution in [3.05, 3.63) is 41.6 Å². The summed E-state index contributed by atoms with van der Waals surface area (Å²) in [6, 6.07) is 6.01. The smallest absolute Gasteiger partial charge is 0.422 e. The van der Waals surface area contributed by atoms with Crippen molar-refractivity contribution in [3.63, 3.8) is 0 Å². The largest absolute Gasteiger partial charge is 0.481 e. The fourth-order valence-corrected chi connectivity index (χ4v) is 2.23. The van der Waals surface area contributed by atoms with E-state index < -0.39 is 12.8 Å². The van der Waals surface area contributed by atoms with E-state index in [2.05, 4.69) is 20.0 Å². The van der Waals surface area contributed by atoms with Crippen molar-refractivity contribution in [2.24, 2.45) is 5.92 Å². The van der Waals surface area contributed by atoms with Crippen LogP contribution in [0.5, 0.6) is 11.8 Å². The maximum Gasteiger partial charge on any atom is 0.422 e. The van der Waals surface area contributed by atoms with Gasteiger partial charge >= 0.3 is 6.18 Å². The van der Waals surface area contributed by atoms with Crippen molar-refractivity contribution in [1.82, 2.24) is 14.9 Å². The zero-order valence-corrected chi connectivity index (χ0v) is 18.6. The molecule has 0 unspecified atom stereocenters. The highest BCUT2D eigenvalue weighted by molar-refractivity contribution is 5.94. The SMILES string of the molecule is CC(C)C=O.CNc1cc(C(=O)N(C)Cc2ccc(OCC(F)(F)F)nc2OC)ccn1. The fraction of sp³-hybridized carbons (Fsp3) is 0.429. The number of ether oxygens (including phenoxy) is 2. The molecule has 2 aromatic heterocycles. The molecule has 176 valence electrons. The van der Waals surface area contributed by atoms with Crippen molar-refractivity contribution < 1.29 is 32.2 Å². The highest BCUT2D eigenvalue weighted by atomic mass is 19.4. The average Bonchev–Trinajstić information content (AvgIpc) is 2.77. The number of aromatic nitrogens is 2. The number of carbonyl (C=O) groups excluding carboxylic acids is 2. The lowest BCUT2D eigenvalue weighted by Gasteiger charge is -2.19. The minimum atomic E-state index is -4.46. The average molecular weight is 456 g/mol. The summed E-state index contributed by atoms with van der Waals surface area (Å²) in [5.41, 5.74) is 0.963. The van der Waals surface area contributed by atoms with Gasteiger partial charge in [-0.1, -0.05) is 13.8 Å². The minimum absolute atomic E-state index is 0.0833. The molecule has 0 aliphatic rings. The molecule has 0 aromatic carbocycles. The number of aldehydes is 1. The number of hydrogen-bond acceptors (Lipinski definition) is 7. The van der Waals surface area contributed by atoms with Crippen LogP contribution in [0.4, 0.5) is 19.0 Å². The Morgan fingerprint density at radius 3 is 2.47 bits per heavy atom. The van der Waals surface area contributed by atoms with Crippen LogP contribution in [0.1, 0.15) is 29.8 Å². The third-order valence-corrected chi connectivity index (χ3v) is 3.78. The monoisotopic (exact) mass is 456 g/mol. The van der Waals surface area contributed by atoms with Crippen molar-refractivity contribution in [3.8, 4) is 11.8 Å². The summed E-state index contributed by atoms with van der Waals surface area (Å²) in [4.78, 5) is 31.4. The van der Waals surface area contributed by atoms with Gasteiger partial charge in [-0.25, -0.2) is 4.98 Å². The Balaban J connectivity index is 0.000000920. The molecule has 0 fully saturated rings. The molecule has 1 N–H and O–H groups in total. The van der Waals surface area contributed by atoms with E-state index >= 15 is 0 Å². The number of hydrogen-bond donors (Lipinski definition) is 1. The summed E-state index contributed by atoms with van der Waals surface area (Å²) >= 11 is 0. The lowest BCUT2D eigenvalue weighted by molar-refractivity contribution is -0.154. The summed E-state index contributed by atoms with van der Waals surface area (Å²) in [7, 11) is 4.62. The number of anilines is 1. The predicted octanol–water partition coefficient (Wildman–Crippen LogP) is 3.58. The zero-order valence-electron chi connectivity index (χ0n) is 18.6. The molecular formula is C21H27F3N4O4. The third kappa shape index (κ3) is 9.19. The van der Waals surface area contributed by atoms with Crippen LogP contribution in [-0.4, -0.2) is 61.0 Å². The molecule has 2 rings (SSSR count). The number of nitrogens with one attached hydrogen (secondary N) is 1. The molecule has 11 heteroatoms. The van der Waals surface area contributed by atoms with Crippen LogP contribution in [0.3, 0.4) is 0 Å². The first-order chi connectivity index (χ1) is 15.0. The van der Waals surface area contributed by atoms with Gasteiger partial charge in [0.25, 0.3) is 5.91 Å². The van der Waals surface area contributed by atoms with Crippen molar-refractivity contribution in [1.29, 1.82) is 0 Å². The number of rotatable bonds is 8. The van der Waals surface area contributed by atoms with E-state index in [0.717, 1.165) is 6.29 Å². The molecule has 0 spiro atoms. The molecule has 2 heterocycles. The van der Waals surface area contributed by atoms with E-state index in [-0.39, 0.29) is 30.1 Å². The molecule has 32 heavy (non-hydrogen) atoms. The Morgan fingerprint density at radius 2 is 1.94 bits per heavy atom. The normalized spacial score (nSPS) is 10.7. The van der Waals surface area contributed by atoms with E-state index in [9.17, 15) is 22.8 Å². The van der Waals surface area contributed by atoms with Crippen LogP contribution in [0.15, 0.2) is 30.5 Å². The number of pyridine rings is 2. The Morgan fingerprint density at radius 1 is 1.28 bits per heavy atom. The van der Waals surface area contributed by atoms with Gasteiger partial charge < -0.3 is 24.5 Å². The first-order valence-corrected chi connectivity index (χ1v) is 9.58. The van der Waals surface area contributed by atoms with Crippen LogP contribution in [0, 0.1) is 5.92 Å². The quantitative estimate of drug-likeness (QED) is 0.607. The molecule has 0 saturated carbocycles. The molecule has 8 nitrogen and oxygen atoms in total. The van der Waals surface area contributed by atoms with Crippen LogP contribution in [-0.2, 0) is 11.3 Å².